The van der Waals surface area contributed by atoms with E-state index in [1.165, 1.54) is 0 Å². The highest BCUT2D eigenvalue weighted by molar-refractivity contribution is 6.06. The van der Waals surface area contributed by atoms with Gasteiger partial charge in [0, 0.05) is 25.3 Å². The number of rotatable bonds is 7. The number of pyridine rings is 1. The molecule has 2 heterocycles. The summed E-state index contributed by atoms with van der Waals surface area (Å²) >= 11 is 0. The van der Waals surface area contributed by atoms with Gasteiger partial charge in [0.2, 0.25) is 0 Å². The lowest BCUT2D eigenvalue weighted by Gasteiger charge is -2.18. The molecule has 0 fully saturated rings. The van der Waals surface area contributed by atoms with Gasteiger partial charge in [0.25, 0.3) is 5.91 Å². The van der Waals surface area contributed by atoms with Crippen LogP contribution in [0.1, 0.15) is 42.5 Å². The lowest BCUT2D eigenvalue weighted by Crippen LogP contribution is -2.34. The average molecular weight is 317 g/mol. The van der Waals surface area contributed by atoms with Gasteiger partial charge in [-0.15, -0.1) is 0 Å². The molecule has 126 valence electrons. The Balaban J connectivity index is 2.25. The third-order valence-electron chi connectivity index (χ3n) is 4.16. The summed E-state index contributed by atoms with van der Waals surface area (Å²) in [4.78, 5) is 19.5. The van der Waals surface area contributed by atoms with Crippen molar-refractivity contribution in [1.29, 1.82) is 0 Å². The zero-order valence-electron chi connectivity index (χ0n) is 14.8. The zero-order valence-corrected chi connectivity index (χ0v) is 14.8. The Kier molecular flexibility index (Phi) is 5.71. The maximum atomic E-state index is 12.6. The first-order valence-corrected chi connectivity index (χ1v) is 8.37. The van der Waals surface area contributed by atoms with Crippen molar-refractivity contribution < 1.29 is 4.79 Å². The molecule has 1 N–H and O–H groups in total. The summed E-state index contributed by atoms with van der Waals surface area (Å²) in [7, 11) is 0. The van der Waals surface area contributed by atoms with Crippen LogP contribution in [0, 0.1) is 13.8 Å². The monoisotopic (exact) mass is 317 g/mol. The Bertz CT molecular complexity index is 688. The number of likely N-dealkylation sites (N-methyl/N-ethyl adjacent to an activating group) is 1. The van der Waals surface area contributed by atoms with Crippen LogP contribution in [0.25, 0.3) is 11.0 Å². The Morgan fingerprint density at radius 2 is 1.96 bits per heavy atom. The van der Waals surface area contributed by atoms with Crippen LogP contribution in [-0.2, 0) is 6.54 Å². The van der Waals surface area contributed by atoms with Crippen molar-refractivity contribution in [2.75, 3.05) is 26.2 Å². The molecule has 0 radical (unpaired) electrons. The summed E-state index contributed by atoms with van der Waals surface area (Å²) in [6.45, 7) is 14.4. The van der Waals surface area contributed by atoms with Crippen molar-refractivity contribution in [3.05, 3.63) is 23.0 Å². The summed E-state index contributed by atoms with van der Waals surface area (Å²) < 4.78 is 1.85. The first-order valence-electron chi connectivity index (χ1n) is 8.37. The van der Waals surface area contributed by atoms with E-state index in [1.807, 2.05) is 31.5 Å². The molecule has 1 amide bonds. The van der Waals surface area contributed by atoms with Crippen molar-refractivity contribution in [3.63, 3.8) is 0 Å². The largest absolute Gasteiger partial charge is 0.351 e. The van der Waals surface area contributed by atoms with E-state index in [2.05, 4.69) is 34.1 Å². The van der Waals surface area contributed by atoms with E-state index in [0.717, 1.165) is 48.6 Å². The van der Waals surface area contributed by atoms with E-state index >= 15 is 0 Å². The van der Waals surface area contributed by atoms with E-state index in [0.29, 0.717) is 12.1 Å². The summed E-state index contributed by atoms with van der Waals surface area (Å²) in [6, 6.07) is 1.85. The minimum absolute atomic E-state index is 0.0496. The van der Waals surface area contributed by atoms with E-state index in [1.54, 1.807) is 0 Å². The molecule has 0 aromatic carbocycles. The molecule has 2 aromatic rings. The number of hydrogen-bond acceptors (Lipinski definition) is 4. The number of aryl methyl sites for hydroxylation is 3. The van der Waals surface area contributed by atoms with Crippen LogP contribution in [0.5, 0.6) is 0 Å². The molecule has 0 aliphatic heterocycles. The van der Waals surface area contributed by atoms with Crippen LogP contribution < -0.4 is 5.32 Å². The first-order chi connectivity index (χ1) is 11.0. The van der Waals surface area contributed by atoms with E-state index in [4.69, 9.17) is 0 Å². The molecular formula is C17H27N5O. The SMILES string of the molecule is CCN(CC)CCNC(=O)c1cc(C)nc2c1c(C)nn2CC. The van der Waals surface area contributed by atoms with Crippen LogP contribution in [0.3, 0.4) is 0 Å². The number of nitrogens with one attached hydrogen (secondary N) is 1. The van der Waals surface area contributed by atoms with Gasteiger partial charge in [0.1, 0.15) is 0 Å². The number of carbonyl (C=O) groups excluding carboxylic acids is 1. The van der Waals surface area contributed by atoms with Crippen LogP contribution in [0.15, 0.2) is 6.07 Å². The summed E-state index contributed by atoms with van der Waals surface area (Å²) in [5, 5.41) is 8.38. The molecule has 2 aromatic heterocycles. The van der Waals surface area contributed by atoms with Crippen LogP contribution >= 0.6 is 0 Å². The smallest absolute Gasteiger partial charge is 0.252 e. The number of amides is 1. The Morgan fingerprint density at radius 1 is 1.26 bits per heavy atom. The van der Waals surface area contributed by atoms with E-state index in [9.17, 15) is 4.79 Å². The quantitative estimate of drug-likeness (QED) is 0.850. The molecule has 0 atom stereocenters. The molecule has 0 bridgehead atoms. The first kappa shape index (κ1) is 17.4. The van der Waals surface area contributed by atoms with Gasteiger partial charge in [-0.3, -0.25) is 4.79 Å². The Hall–Kier alpha value is -1.95. The number of aromatic nitrogens is 3. The molecule has 23 heavy (non-hydrogen) atoms. The topological polar surface area (TPSA) is 63.1 Å². The van der Waals surface area contributed by atoms with Crippen LogP contribution in [0.4, 0.5) is 0 Å². The fourth-order valence-electron chi connectivity index (χ4n) is 2.84. The van der Waals surface area contributed by atoms with Crippen molar-refractivity contribution in [1.82, 2.24) is 25.0 Å². The second-order valence-corrected chi connectivity index (χ2v) is 5.69. The Labute approximate surface area is 137 Å². The van der Waals surface area contributed by atoms with Crippen molar-refractivity contribution in [3.8, 4) is 0 Å². The second kappa shape index (κ2) is 7.55. The van der Waals surface area contributed by atoms with Gasteiger partial charge >= 0.3 is 0 Å². The number of hydrogen-bond donors (Lipinski definition) is 1. The number of carbonyl (C=O) groups is 1. The molecule has 0 saturated heterocycles. The molecule has 0 spiro atoms. The highest BCUT2D eigenvalue weighted by Crippen LogP contribution is 2.22. The van der Waals surface area contributed by atoms with Gasteiger partial charge in [0.15, 0.2) is 5.65 Å². The fourth-order valence-corrected chi connectivity index (χ4v) is 2.84. The summed E-state index contributed by atoms with van der Waals surface area (Å²) in [6.07, 6.45) is 0. The molecule has 2 rings (SSSR count). The van der Waals surface area contributed by atoms with E-state index < -0.39 is 0 Å². The Morgan fingerprint density at radius 3 is 2.57 bits per heavy atom. The van der Waals surface area contributed by atoms with Crippen molar-refractivity contribution in [2.24, 2.45) is 0 Å². The molecule has 6 heteroatoms. The van der Waals surface area contributed by atoms with Crippen molar-refractivity contribution >= 4 is 16.9 Å². The molecular weight excluding hydrogens is 290 g/mol. The zero-order chi connectivity index (χ0) is 17.0. The normalized spacial score (nSPS) is 11.4. The average Bonchev–Trinajstić information content (AvgIpc) is 2.86. The van der Waals surface area contributed by atoms with Gasteiger partial charge in [-0.1, -0.05) is 13.8 Å². The van der Waals surface area contributed by atoms with Gasteiger partial charge in [-0.2, -0.15) is 5.10 Å². The van der Waals surface area contributed by atoms with Gasteiger partial charge in [-0.05, 0) is 39.9 Å². The maximum absolute atomic E-state index is 12.6. The lowest BCUT2D eigenvalue weighted by molar-refractivity contribution is 0.0950. The maximum Gasteiger partial charge on any atom is 0.252 e. The summed E-state index contributed by atoms with van der Waals surface area (Å²) in [5.41, 5.74) is 3.15. The molecule has 0 aliphatic carbocycles. The predicted octanol–water partition coefficient (Wildman–Crippen LogP) is 2.14. The van der Waals surface area contributed by atoms with E-state index in [-0.39, 0.29) is 5.91 Å². The minimum Gasteiger partial charge on any atom is -0.351 e. The highest BCUT2D eigenvalue weighted by atomic mass is 16.1. The standard InChI is InChI=1S/C17H27N5O/c1-6-21(7-2)10-9-18-17(23)14-11-12(4)19-16-15(14)13(5)20-22(16)8-3/h11H,6-10H2,1-5H3,(H,18,23). The third-order valence-corrected chi connectivity index (χ3v) is 4.16. The van der Waals surface area contributed by atoms with Crippen LogP contribution in [0.2, 0.25) is 0 Å². The van der Waals surface area contributed by atoms with Gasteiger partial charge in [0.05, 0.1) is 16.6 Å². The molecule has 6 nitrogen and oxygen atoms in total. The molecule has 0 aliphatic rings. The van der Waals surface area contributed by atoms with Gasteiger partial charge in [-0.25, -0.2) is 9.67 Å². The second-order valence-electron chi connectivity index (χ2n) is 5.69. The predicted molar refractivity (Wildman–Crippen MR) is 92.8 cm³/mol. The van der Waals surface area contributed by atoms with Gasteiger partial charge < -0.3 is 10.2 Å². The summed E-state index contributed by atoms with van der Waals surface area (Å²) in [5.74, 6) is -0.0496. The molecule has 0 saturated carbocycles. The van der Waals surface area contributed by atoms with Crippen LogP contribution in [-0.4, -0.2) is 51.8 Å². The fraction of sp³-hybridized carbons (Fsp3) is 0.588. The van der Waals surface area contributed by atoms with Crippen molar-refractivity contribution in [2.45, 2.75) is 41.2 Å². The highest BCUT2D eigenvalue weighted by Gasteiger charge is 2.18. The lowest BCUT2D eigenvalue weighted by atomic mass is 10.1. The number of nitrogens with zero attached hydrogens (tertiary/aromatic N) is 4. The number of fused-ring (bicyclic) bond motifs is 1. The minimum atomic E-state index is -0.0496. The third kappa shape index (κ3) is 3.69. The molecule has 0 unspecified atom stereocenters.